The van der Waals surface area contributed by atoms with Crippen molar-refractivity contribution >= 4 is 34.2 Å². The van der Waals surface area contributed by atoms with Crippen LogP contribution in [-0.2, 0) is 0 Å². The van der Waals surface area contributed by atoms with Crippen LogP contribution in [0.5, 0.6) is 0 Å². The molecule has 0 radical (unpaired) electrons. The first-order valence-electron chi connectivity index (χ1n) is 9.87. The molecule has 1 aromatic heterocycles. The van der Waals surface area contributed by atoms with Gasteiger partial charge in [0.1, 0.15) is 0 Å². The van der Waals surface area contributed by atoms with Crippen molar-refractivity contribution in [2.75, 3.05) is 17.0 Å². The maximum Gasteiger partial charge on any atom is 0.176 e. The number of nitrogens with zero attached hydrogens (tertiary/aromatic N) is 5. The first-order chi connectivity index (χ1) is 14.9. The summed E-state index contributed by atoms with van der Waals surface area (Å²) in [7, 11) is 0. The van der Waals surface area contributed by atoms with Crippen LogP contribution in [0.4, 0.5) is 11.5 Å². The van der Waals surface area contributed by atoms with E-state index in [1.807, 2.05) is 59.6 Å². The fourth-order valence-electron chi connectivity index (χ4n) is 3.49. The molecule has 0 saturated heterocycles. The number of aromatic nitrogens is 2. The highest BCUT2D eigenvalue weighted by atomic mass is 15.5. The van der Waals surface area contributed by atoms with Gasteiger partial charge in [0.2, 0.25) is 0 Å². The normalized spacial score (nSPS) is 13.7. The van der Waals surface area contributed by atoms with E-state index >= 15 is 0 Å². The Kier molecular flexibility index (Phi) is 4.88. The monoisotopic (exact) mass is 392 g/mol. The van der Waals surface area contributed by atoms with Crippen LogP contribution in [0, 0.1) is 0 Å². The number of rotatable bonds is 5. The summed E-state index contributed by atoms with van der Waals surface area (Å²) >= 11 is 0. The molecule has 6 nitrogen and oxygen atoms in total. The van der Waals surface area contributed by atoms with Crippen molar-refractivity contribution in [1.82, 2.24) is 10.2 Å². The highest BCUT2D eigenvalue weighted by Gasteiger charge is 2.16. The Labute approximate surface area is 174 Å². The SMILES string of the molecule is C(=NNc1nncc2ccccc12)c1ccc(N2CCC(c3ccccc3)=N2)cc1. The lowest BCUT2D eigenvalue weighted by Gasteiger charge is -2.13. The number of anilines is 2. The second-order valence-corrected chi connectivity index (χ2v) is 7.03. The molecule has 0 unspecified atom stereocenters. The van der Waals surface area contributed by atoms with Crippen molar-refractivity contribution in [1.29, 1.82) is 0 Å². The summed E-state index contributed by atoms with van der Waals surface area (Å²) in [5.41, 5.74) is 7.37. The number of benzene rings is 3. The molecule has 4 aromatic rings. The smallest absolute Gasteiger partial charge is 0.176 e. The van der Waals surface area contributed by atoms with Gasteiger partial charge in [-0.2, -0.15) is 15.3 Å². The second-order valence-electron chi connectivity index (χ2n) is 7.03. The molecular formula is C24H20N6. The van der Waals surface area contributed by atoms with E-state index in [0.29, 0.717) is 5.82 Å². The molecule has 1 aliphatic rings. The van der Waals surface area contributed by atoms with E-state index in [-0.39, 0.29) is 0 Å². The molecule has 0 aliphatic carbocycles. The van der Waals surface area contributed by atoms with Crippen LogP contribution < -0.4 is 10.4 Å². The zero-order valence-electron chi connectivity index (χ0n) is 16.3. The van der Waals surface area contributed by atoms with E-state index in [0.717, 1.165) is 40.7 Å². The Bertz CT molecular complexity index is 1210. The van der Waals surface area contributed by atoms with Gasteiger partial charge in [0, 0.05) is 23.7 Å². The first-order valence-corrected chi connectivity index (χ1v) is 9.87. The van der Waals surface area contributed by atoms with E-state index in [1.54, 1.807) is 12.4 Å². The summed E-state index contributed by atoms with van der Waals surface area (Å²) < 4.78 is 0. The number of nitrogens with one attached hydrogen (secondary N) is 1. The maximum atomic E-state index is 4.78. The lowest BCUT2D eigenvalue weighted by Crippen LogP contribution is -2.11. The molecule has 0 spiro atoms. The zero-order valence-corrected chi connectivity index (χ0v) is 16.3. The molecule has 0 amide bonds. The third kappa shape index (κ3) is 3.75. The van der Waals surface area contributed by atoms with Crippen molar-refractivity contribution < 1.29 is 0 Å². The zero-order chi connectivity index (χ0) is 20.2. The van der Waals surface area contributed by atoms with Gasteiger partial charge in [0.15, 0.2) is 5.82 Å². The molecule has 1 N–H and O–H groups in total. The van der Waals surface area contributed by atoms with Crippen LogP contribution in [-0.4, -0.2) is 28.7 Å². The molecule has 2 heterocycles. The third-order valence-corrected chi connectivity index (χ3v) is 5.05. The highest BCUT2D eigenvalue weighted by Crippen LogP contribution is 2.22. The highest BCUT2D eigenvalue weighted by molar-refractivity contribution is 6.02. The third-order valence-electron chi connectivity index (χ3n) is 5.05. The van der Waals surface area contributed by atoms with Gasteiger partial charge in [-0.05, 0) is 23.3 Å². The summed E-state index contributed by atoms with van der Waals surface area (Å²) in [6, 6.07) is 26.5. The summed E-state index contributed by atoms with van der Waals surface area (Å²) in [4.78, 5) is 0. The van der Waals surface area contributed by atoms with Crippen LogP contribution in [0.25, 0.3) is 10.8 Å². The van der Waals surface area contributed by atoms with Gasteiger partial charge < -0.3 is 0 Å². The average Bonchev–Trinajstić information content (AvgIpc) is 3.31. The minimum atomic E-state index is 0.640. The van der Waals surface area contributed by atoms with Gasteiger partial charge >= 0.3 is 0 Å². The predicted octanol–water partition coefficient (Wildman–Crippen LogP) is 4.69. The van der Waals surface area contributed by atoms with Crippen LogP contribution in [0.15, 0.2) is 95.3 Å². The van der Waals surface area contributed by atoms with E-state index in [1.165, 1.54) is 5.56 Å². The molecule has 146 valence electrons. The minimum Gasteiger partial charge on any atom is -0.265 e. The maximum absolute atomic E-state index is 4.78. The van der Waals surface area contributed by atoms with Gasteiger partial charge in [-0.15, -0.1) is 5.10 Å². The van der Waals surface area contributed by atoms with E-state index in [9.17, 15) is 0 Å². The Morgan fingerprint density at radius 1 is 0.900 bits per heavy atom. The standard InChI is InChI=1S/C24H20N6/c1-2-6-19(7-3-1)23-14-15-30(29-23)21-12-10-18(11-13-21)16-25-27-24-22-9-5-4-8-20(22)17-26-28-24/h1-13,16-17H,14-15H2,(H,27,28). The number of fused-ring (bicyclic) bond motifs is 1. The van der Waals surface area contributed by atoms with Crippen LogP contribution >= 0.6 is 0 Å². The molecule has 6 heteroatoms. The predicted molar refractivity (Wildman–Crippen MR) is 122 cm³/mol. The van der Waals surface area contributed by atoms with Crippen LogP contribution in [0.1, 0.15) is 17.5 Å². The van der Waals surface area contributed by atoms with Gasteiger partial charge in [-0.1, -0.05) is 66.7 Å². The molecule has 0 bridgehead atoms. The summed E-state index contributed by atoms with van der Waals surface area (Å²) in [5.74, 6) is 0.640. The Balaban J connectivity index is 1.27. The number of hydrogen-bond acceptors (Lipinski definition) is 6. The Hall–Kier alpha value is -4.06. The molecule has 30 heavy (non-hydrogen) atoms. The average molecular weight is 392 g/mol. The Morgan fingerprint density at radius 2 is 1.70 bits per heavy atom. The van der Waals surface area contributed by atoms with Crippen molar-refractivity contribution in [3.8, 4) is 0 Å². The van der Waals surface area contributed by atoms with Crippen molar-refractivity contribution in [3.63, 3.8) is 0 Å². The van der Waals surface area contributed by atoms with E-state index < -0.39 is 0 Å². The van der Waals surface area contributed by atoms with Crippen molar-refractivity contribution in [2.24, 2.45) is 10.2 Å². The van der Waals surface area contributed by atoms with Gasteiger partial charge in [0.05, 0.1) is 23.8 Å². The topological polar surface area (TPSA) is 65.8 Å². The quantitative estimate of drug-likeness (QED) is 0.395. The van der Waals surface area contributed by atoms with Gasteiger partial charge in [-0.3, -0.25) is 10.4 Å². The van der Waals surface area contributed by atoms with Crippen molar-refractivity contribution in [3.05, 3.63) is 96.2 Å². The van der Waals surface area contributed by atoms with Crippen molar-refractivity contribution in [2.45, 2.75) is 6.42 Å². The number of hydrazone groups is 2. The molecule has 0 atom stereocenters. The van der Waals surface area contributed by atoms with E-state index in [2.05, 4.69) is 45.0 Å². The summed E-state index contributed by atoms with van der Waals surface area (Å²) in [5, 5.41) is 21.3. The fourth-order valence-corrected chi connectivity index (χ4v) is 3.49. The molecule has 0 saturated carbocycles. The molecule has 0 fully saturated rings. The summed E-state index contributed by atoms with van der Waals surface area (Å²) in [6.45, 7) is 0.888. The van der Waals surface area contributed by atoms with Crippen LogP contribution in [0.2, 0.25) is 0 Å². The first kappa shape index (κ1) is 18.0. The molecule has 3 aromatic carbocycles. The second kappa shape index (κ2) is 8.13. The molecule has 5 rings (SSSR count). The largest absolute Gasteiger partial charge is 0.265 e. The van der Waals surface area contributed by atoms with Gasteiger partial charge in [0.25, 0.3) is 0 Å². The lowest BCUT2D eigenvalue weighted by atomic mass is 10.1. The van der Waals surface area contributed by atoms with Crippen LogP contribution in [0.3, 0.4) is 0 Å². The minimum absolute atomic E-state index is 0.640. The molecular weight excluding hydrogens is 372 g/mol. The van der Waals surface area contributed by atoms with Gasteiger partial charge in [-0.25, -0.2) is 0 Å². The lowest BCUT2D eigenvalue weighted by molar-refractivity contribution is 0.922. The van der Waals surface area contributed by atoms with E-state index in [4.69, 9.17) is 5.10 Å². The Morgan fingerprint density at radius 3 is 2.57 bits per heavy atom. The number of hydrogen-bond donors (Lipinski definition) is 1. The fraction of sp³-hybridized carbons (Fsp3) is 0.0833. The summed E-state index contributed by atoms with van der Waals surface area (Å²) in [6.07, 6.45) is 4.46. The molecule has 1 aliphatic heterocycles.